The van der Waals surface area contributed by atoms with Crippen LogP contribution in [0, 0.1) is 0 Å². The number of hydrogen-bond donors (Lipinski definition) is 1. The standard InChI is InChI=1S/C22H24N4O/c1-4-26(19-8-6-5-7-9-19)21-15-23-20(14-24-21)22(27)25-18-12-10-17(11-13-18)16(2)3/h5-16H,4H2,1-3H3,(H,25,27). The Labute approximate surface area is 160 Å². The summed E-state index contributed by atoms with van der Waals surface area (Å²) >= 11 is 0. The highest BCUT2D eigenvalue weighted by Crippen LogP contribution is 2.22. The molecule has 5 heteroatoms. The lowest BCUT2D eigenvalue weighted by molar-refractivity contribution is 0.102. The van der Waals surface area contributed by atoms with Crippen LogP contribution < -0.4 is 10.2 Å². The highest BCUT2D eigenvalue weighted by Gasteiger charge is 2.12. The average Bonchev–Trinajstić information content (AvgIpc) is 2.70. The van der Waals surface area contributed by atoms with Crippen LogP contribution in [0.1, 0.15) is 42.7 Å². The number of hydrogen-bond acceptors (Lipinski definition) is 4. The number of benzene rings is 2. The van der Waals surface area contributed by atoms with E-state index in [2.05, 4.69) is 36.1 Å². The van der Waals surface area contributed by atoms with Gasteiger partial charge in [0.1, 0.15) is 5.69 Å². The van der Waals surface area contributed by atoms with Gasteiger partial charge in [0.15, 0.2) is 5.82 Å². The third kappa shape index (κ3) is 4.50. The topological polar surface area (TPSA) is 58.1 Å². The molecular weight excluding hydrogens is 336 g/mol. The minimum Gasteiger partial charge on any atom is -0.325 e. The van der Waals surface area contributed by atoms with E-state index in [9.17, 15) is 4.79 Å². The zero-order valence-corrected chi connectivity index (χ0v) is 15.9. The Morgan fingerprint density at radius 3 is 2.26 bits per heavy atom. The smallest absolute Gasteiger partial charge is 0.275 e. The van der Waals surface area contributed by atoms with Crippen LogP contribution in [-0.4, -0.2) is 22.4 Å². The minimum absolute atomic E-state index is 0.269. The van der Waals surface area contributed by atoms with Gasteiger partial charge in [-0.3, -0.25) is 4.79 Å². The van der Waals surface area contributed by atoms with Crippen LogP contribution in [0.25, 0.3) is 0 Å². The molecule has 1 amide bonds. The fraction of sp³-hybridized carbons (Fsp3) is 0.227. The summed E-state index contributed by atoms with van der Waals surface area (Å²) in [4.78, 5) is 23.2. The second kappa shape index (κ2) is 8.45. The molecular formula is C22H24N4O. The van der Waals surface area contributed by atoms with Gasteiger partial charge in [-0.25, -0.2) is 9.97 Å². The molecule has 5 nitrogen and oxygen atoms in total. The number of nitrogens with zero attached hydrogens (tertiary/aromatic N) is 3. The predicted molar refractivity (Wildman–Crippen MR) is 110 cm³/mol. The molecule has 0 spiro atoms. The number of aromatic nitrogens is 2. The van der Waals surface area contributed by atoms with Crippen molar-refractivity contribution in [3.05, 3.63) is 78.2 Å². The maximum absolute atomic E-state index is 12.4. The highest BCUT2D eigenvalue weighted by molar-refractivity contribution is 6.02. The number of anilines is 3. The number of rotatable bonds is 6. The number of amides is 1. The Bertz CT molecular complexity index is 874. The first kappa shape index (κ1) is 18.6. The minimum atomic E-state index is -0.269. The number of para-hydroxylation sites is 1. The van der Waals surface area contributed by atoms with Crippen molar-refractivity contribution in [1.29, 1.82) is 0 Å². The molecule has 1 heterocycles. The van der Waals surface area contributed by atoms with Gasteiger partial charge < -0.3 is 10.2 Å². The largest absolute Gasteiger partial charge is 0.325 e. The van der Waals surface area contributed by atoms with Crippen LogP contribution in [0.3, 0.4) is 0 Å². The lowest BCUT2D eigenvalue weighted by atomic mass is 10.0. The van der Waals surface area contributed by atoms with E-state index in [0.29, 0.717) is 11.7 Å². The fourth-order valence-electron chi connectivity index (χ4n) is 2.81. The normalized spacial score (nSPS) is 10.7. The van der Waals surface area contributed by atoms with Crippen LogP contribution in [0.2, 0.25) is 0 Å². The Kier molecular flexibility index (Phi) is 5.81. The van der Waals surface area contributed by atoms with Gasteiger partial charge in [0, 0.05) is 17.9 Å². The molecule has 0 aliphatic rings. The van der Waals surface area contributed by atoms with E-state index in [0.717, 1.165) is 17.9 Å². The monoisotopic (exact) mass is 360 g/mol. The first-order valence-electron chi connectivity index (χ1n) is 9.14. The van der Waals surface area contributed by atoms with E-state index in [-0.39, 0.29) is 11.6 Å². The lowest BCUT2D eigenvalue weighted by Gasteiger charge is -2.21. The van der Waals surface area contributed by atoms with Gasteiger partial charge in [0.2, 0.25) is 0 Å². The van der Waals surface area contributed by atoms with Crippen LogP contribution in [0.15, 0.2) is 67.0 Å². The van der Waals surface area contributed by atoms with Gasteiger partial charge in [0.05, 0.1) is 12.4 Å². The molecule has 3 aromatic rings. The summed E-state index contributed by atoms with van der Waals surface area (Å²) in [6, 6.07) is 17.8. The Morgan fingerprint density at radius 1 is 1.00 bits per heavy atom. The van der Waals surface area contributed by atoms with Gasteiger partial charge in [-0.05, 0) is 42.7 Å². The maximum Gasteiger partial charge on any atom is 0.275 e. The van der Waals surface area contributed by atoms with Crippen LogP contribution >= 0.6 is 0 Å². The molecule has 0 saturated carbocycles. The van der Waals surface area contributed by atoms with Crippen molar-refractivity contribution in [3.63, 3.8) is 0 Å². The molecule has 0 fully saturated rings. The molecule has 0 atom stereocenters. The maximum atomic E-state index is 12.4. The van der Waals surface area contributed by atoms with Crippen molar-refractivity contribution in [2.75, 3.05) is 16.8 Å². The van der Waals surface area contributed by atoms with Gasteiger partial charge in [0.25, 0.3) is 5.91 Å². The average molecular weight is 360 g/mol. The molecule has 0 aliphatic heterocycles. The third-order valence-electron chi connectivity index (χ3n) is 4.37. The molecule has 138 valence electrons. The second-order valence-corrected chi connectivity index (χ2v) is 6.57. The SMILES string of the molecule is CCN(c1ccccc1)c1cnc(C(=O)Nc2ccc(C(C)C)cc2)cn1. The quantitative estimate of drug-likeness (QED) is 0.671. The first-order chi connectivity index (χ1) is 13.1. The van der Waals surface area contributed by atoms with E-state index in [1.54, 1.807) is 6.20 Å². The zero-order valence-electron chi connectivity index (χ0n) is 15.9. The van der Waals surface area contributed by atoms with Gasteiger partial charge in [-0.15, -0.1) is 0 Å². The number of carbonyl (C=O) groups excluding carboxylic acids is 1. The van der Waals surface area contributed by atoms with E-state index in [1.165, 1.54) is 11.8 Å². The van der Waals surface area contributed by atoms with Crippen molar-refractivity contribution in [3.8, 4) is 0 Å². The second-order valence-electron chi connectivity index (χ2n) is 6.57. The summed E-state index contributed by atoms with van der Waals surface area (Å²) in [5, 5.41) is 2.86. The summed E-state index contributed by atoms with van der Waals surface area (Å²) in [5.41, 5.74) is 3.31. The fourth-order valence-corrected chi connectivity index (χ4v) is 2.81. The van der Waals surface area contributed by atoms with Gasteiger partial charge >= 0.3 is 0 Å². The molecule has 0 unspecified atom stereocenters. The molecule has 0 aliphatic carbocycles. The van der Waals surface area contributed by atoms with E-state index in [1.807, 2.05) is 59.5 Å². The molecule has 2 aromatic carbocycles. The summed E-state index contributed by atoms with van der Waals surface area (Å²) in [6.45, 7) is 7.09. The summed E-state index contributed by atoms with van der Waals surface area (Å²) in [7, 11) is 0. The lowest BCUT2D eigenvalue weighted by Crippen LogP contribution is -2.19. The highest BCUT2D eigenvalue weighted by atomic mass is 16.1. The van der Waals surface area contributed by atoms with Gasteiger partial charge in [-0.2, -0.15) is 0 Å². The molecule has 0 bridgehead atoms. The van der Waals surface area contributed by atoms with E-state index in [4.69, 9.17) is 0 Å². The van der Waals surface area contributed by atoms with Crippen LogP contribution in [-0.2, 0) is 0 Å². The summed E-state index contributed by atoms with van der Waals surface area (Å²) in [5.74, 6) is 0.898. The Hall–Kier alpha value is -3.21. The first-order valence-corrected chi connectivity index (χ1v) is 9.14. The molecule has 1 N–H and O–H groups in total. The Morgan fingerprint density at radius 2 is 1.70 bits per heavy atom. The number of nitrogens with one attached hydrogen (secondary N) is 1. The van der Waals surface area contributed by atoms with E-state index >= 15 is 0 Å². The van der Waals surface area contributed by atoms with Crippen molar-refractivity contribution in [1.82, 2.24) is 9.97 Å². The van der Waals surface area contributed by atoms with Crippen LogP contribution in [0.5, 0.6) is 0 Å². The third-order valence-corrected chi connectivity index (χ3v) is 4.37. The molecule has 1 aromatic heterocycles. The molecule has 0 saturated heterocycles. The Balaban J connectivity index is 1.71. The summed E-state index contributed by atoms with van der Waals surface area (Å²) in [6.07, 6.45) is 3.14. The summed E-state index contributed by atoms with van der Waals surface area (Å²) < 4.78 is 0. The molecule has 27 heavy (non-hydrogen) atoms. The van der Waals surface area contributed by atoms with Crippen molar-refractivity contribution < 1.29 is 4.79 Å². The van der Waals surface area contributed by atoms with Crippen molar-refractivity contribution >= 4 is 23.1 Å². The number of carbonyl (C=O) groups is 1. The van der Waals surface area contributed by atoms with Crippen LogP contribution in [0.4, 0.5) is 17.2 Å². The van der Waals surface area contributed by atoms with Gasteiger partial charge in [-0.1, -0.05) is 44.2 Å². The van der Waals surface area contributed by atoms with E-state index < -0.39 is 0 Å². The predicted octanol–water partition coefficient (Wildman–Crippen LogP) is 5.01. The van der Waals surface area contributed by atoms with Crippen molar-refractivity contribution in [2.45, 2.75) is 26.7 Å². The molecule has 3 rings (SSSR count). The van der Waals surface area contributed by atoms with Crippen molar-refractivity contribution in [2.24, 2.45) is 0 Å². The zero-order chi connectivity index (χ0) is 19.2. The molecule has 0 radical (unpaired) electrons.